The molecule has 3 fully saturated rings. The first-order valence-corrected chi connectivity index (χ1v) is 17.2. The predicted molar refractivity (Wildman–Crippen MR) is 170 cm³/mol. The lowest BCUT2D eigenvalue weighted by Crippen LogP contribution is -2.51. The number of unbranched alkanes of at least 4 members (excludes halogenated alkanes) is 1. The van der Waals surface area contributed by atoms with Crippen LogP contribution < -0.4 is 0 Å². The Morgan fingerprint density at radius 2 is 1.80 bits per heavy atom. The summed E-state index contributed by atoms with van der Waals surface area (Å²) in [4.78, 5) is 34.5. The predicted octanol–water partition coefficient (Wildman–Crippen LogP) is 7.02. The number of ether oxygens (including phenoxy) is 5. The molecule has 1 heterocycles. The molecule has 0 aromatic heterocycles. The van der Waals surface area contributed by atoms with Crippen LogP contribution in [0.5, 0.6) is 0 Å². The molecule has 5 aliphatic rings. The molecule has 8 heteroatoms. The van der Waals surface area contributed by atoms with Gasteiger partial charge in [-0.15, -0.1) is 0 Å². The van der Waals surface area contributed by atoms with Crippen molar-refractivity contribution in [1.82, 2.24) is 0 Å². The first-order chi connectivity index (χ1) is 21.4. The number of esters is 3. The number of fused-ring (bicyclic) bond motifs is 5. The zero-order valence-corrected chi connectivity index (χ0v) is 28.2. The lowest BCUT2D eigenvalue weighted by Gasteiger charge is -2.58. The second-order valence-corrected chi connectivity index (χ2v) is 14.7. The van der Waals surface area contributed by atoms with Crippen molar-refractivity contribution < 1.29 is 38.1 Å². The zero-order valence-electron chi connectivity index (χ0n) is 28.2. The summed E-state index contributed by atoms with van der Waals surface area (Å²) < 4.78 is 28.0. The molecule has 0 amide bonds. The second-order valence-electron chi connectivity index (χ2n) is 14.7. The van der Waals surface area contributed by atoms with Crippen molar-refractivity contribution in [3.63, 3.8) is 0 Å². The van der Waals surface area contributed by atoms with Crippen molar-refractivity contribution in [3.8, 4) is 0 Å². The van der Waals surface area contributed by atoms with Crippen molar-refractivity contribution >= 4 is 17.9 Å². The van der Waals surface area contributed by atoms with Crippen LogP contribution in [0.3, 0.4) is 0 Å². The van der Waals surface area contributed by atoms with E-state index >= 15 is 0 Å². The Kier molecular flexibility index (Phi) is 10.6. The smallest absolute Gasteiger partial charge is 0.305 e. The molecule has 10 atom stereocenters. The molecule has 45 heavy (non-hydrogen) atoms. The Hall–Kier alpha value is -2.45. The average molecular weight is 627 g/mol. The Morgan fingerprint density at radius 3 is 2.53 bits per heavy atom. The lowest BCUT2D eigenvalue weighted by molar-refractivity contribution is -0.213. The zero-order chi connectivity index (χ0) is 32.4. The van der Waals surface area contributed by atoms with Crippen LogP contribution in [0.4, 0.5) is 0 Å². The summed E-state index contributed by atoms with van der Waals surface area (Å²) in [5, 5.41) is 0. The summed E-state index contributed by atoms with van der Waals surface area (Å²) in [6.45, 7) is 10.1. The van der Waals surface area contributed by atoms with Crippen molar-refractivity contribution in [1.29, 1.82) is 0 Å². The molecular weight excluding hydrogens is 572 g/mol. The Labute approximate surface area is 269 Å². The Balaban J connectivity index is 1.21. The first kappa shape index (κ1) is 33.9. The van der Waals surface area contributed by atoms with Gasteiger partial charge in [-0.05, 0) is 118 Å². The van der Waals surface area contributed by atoms with Gasteiger partial charge in [-0.2, -0.15) is 0 Å². The van der Waals surface area contributed by atoms with E-state index in [4.69, 9.17) is 23.7 Å². The molecule has 0 spiro atoms. The van der Waals surface area contributed by atoms with Crippen molar-refractivity contribution in [3.05, 3.63) is 35.5 Å². The fourth-order valence-corrected chi connectivity index (χ4v) is 9.84. The molecule has 4 aliphatic carbocycles. The van der Waals surface area contributed by atoms with Crippen LogP contribution in [0.15, 0.2) is 35.5 Å². The highest BCUT2D eigenvalue weighted by molar-refractivity contribution is 5.69. The third kappa shape index (κ3) is 7.27. The van der Waals surface area contributed by atoms with Crippen LogP contribution in [0.25, 0.3) is 0 Å². The highest BCUT2D eigenvalue weighted by Gasteiger charge is 2.58. The van der Waals surface area contributed by atoms with E-state index in [9.17, 15) is 14.4 Å². The van der Waals surface area contributed by atoms with Crippen LogP contribution in [0.1, 0.15) is 105 Å². The highest BCUT2D eigenvalue weighted by Crippen LogP contribution is 2.67. The molecule has 1 aliphatic heterocycles. The maximum atomic E-state index is 11.6. The largest absolute Gasteiger partial charge is 0.469 e. The SMILES string of the molecule is COC(=O)CCC/C=C(\C)[C@H]1CC[C@H]2[C@@H]3CC=C4C[C@@H](O[C@@H]5C=C[C@H](OC(C)=O)[C@@H](COC(C)=O)O5)CC[C@]4(C)[C@H]3CC[C@]12C. The minimum atomic E-state index is -0.618. The molecule has 0 aromatic carbocycles. The van der Waals surface area contributed by atoms with Gasteiger partial charge in [0.25, 0.3) is 0 Å². The number of carbonyl (C=O) groups excluding carboxylic acids is 3. The highest BCUT2D eigenvalue weighted by atomic mass is 16.7. The van der Waals surface area contributed by atoms with E-state index in [0.29, 0.717) is 23.7 Å². The second kappa shape index (κ2) is 14.1. The maximum Gasteiger partial charge on any atom is 0.305 e. The maximum absolute atomic E-state index is 11.6. The van der Waals surface area contributed by atoms with Gasteiger partial charge in [0, 0.05) is 20.3 Å². The topological polar surface area (TPSA) is 97.4 Å². The number of hydrogen-bond acceptors (Lipinski definition) is 8. The summed E-state index contributed by atoms with van der Waals surface area (Å²) in [5.74, 6) is 1.90. The van der Waals surface area contributed by atoms with Gasteiger partial charge >= 0.3 is 17.9 Å². The summed E-state index contributed by atoms with van der Waals surface area (Å²) in [6, 6.07) is 0. The summed E-state index contributed by atoms with van der Waals surface area (Å²) in [5.41, 5.74) is 3.63. The van der Waals surface area contributed by atoms with Gasteiger partial charge in [0.05, 0.1) is 13.2 Å². The van der Waals surface area contributed by atoms with E-state index < -0.39 is 30.4 Å². The van der Waals surface area contributed by atoms with Gasteiger partial charge in [0.2, 0.25) is 0 Å². The van der Waals surface area contributed by atoms with E-state index in [0.717, 1.165) is 50.4 Å². The molecule has 0 aromatic rings. The summed E-state index contributed by atoms with van der Waals surface area (Å²) in [7, 11) is 1.46. The van der Waals surface area contributed by atoms with E-state index in [1.807, 2.05) is 6.08 Å². The quantitative estimate of drug-likeness (QED) is 0.111. The Bertz CT molecular complexity index is 1200. The molecule has 5 rings (SSSR count). The van der Waals surface area contributed by atoms with Crippen LogP contribution >= 0.6 is 0 Å². The molecule has 0 unspecified atom stereocenters. The van der Waals surface area contributed by atoms with E-state index in [1.54, 1.807) is 11.6 Å². The molecule has 0 bridgehead atoms. The van der Waals surface area contributed by atoms with Crippen molar-refractivity contribution in [2.75, 3.05) is 13.7 Å². The molecule has 250 valence electrons. The van der Waals surface area contributed by atoms with Gasteiger partial charge in [0.1, 0.15) is 18.8 Å². The monoisotopic (exact) mass is 626 g/mol. The minimum Gasteiger partial charge on any atom is -0.469 e. The molecule has 0 radical (unpaired) electrons. The van der Waals surface area contributed by atoms with Crippen molar-refractivity contribution in [2.45, 2.75) is 130 Å². The van der Waals surface area contributed by atoms with Crippen LogP contribution in [0.2, 0.25) is 0 Å². The standard InChI is InChI=1S/C37H54O8/c1-23(9-7-8-10-34(40)41-6)29-13-14-30-28-12-11-26-21-27(17-19-36(26,4)31(28)18-20-37(29,30)5)44-35-16-15-32(43-25(3)39)33(45-35)22-42-24(2)38/h9,11,15-16,27-33,35H,7-8,10,12-14,17-22H2,1-6H3/b23-9+/t27-,28-,29+,30-,31-,32-,33+,35-,36-,37+/m0/s1. The molecule has 0 N–H and O–H groups in total. The number of hydrogen-bond donors (Lipinski definition) is 0. The molecule has 3 saturated carbocycles. The van der Waals surface area contributed by atoms with Gasteiger partial charge < -0.3 is 23.7 Å². The average Bonchev–Trinajstić information content (AvgIpc) is 3.36. The van der Waals surface area contributed by atoms with Crippen LogP contribution in [-0.4, -0.2) is 56.2 Å². The van der Waals surface area contributed by atoms with E-state index in [1.165, 1.54) is 52.2 Å². The number of allylic oxidation sites excluding steroid dienone is 3. The van der Waals surface area contributed by atoms with Crippen LogP contribution in [0, 0.1) is 34.5 Å². The summed E-state index contributed by atoms with van der Waals surface area (Å²) >= 11 is 0. The third-order valence-electron chi connectivity index (χ3n) is 12.1. The Morgan fingerprint density at radius 1 is 1.00 bits per heavy atom. The number of carbonyl (C=O) groups is 3. The molecule has 0 saturated heterocycles. The van der Waals surface area contributed by atoms with Crippen molar-refractivity contribution in [2.24, 2.45) is 34.5 Å². The minimum absolute atomic E-state index is 0.0000934. The van der Waals surface area contributed by atoms with Crippen LogP contribution in [-0.2, 0) is 38.1 Å². The summed E-state index contributed by atoms with van der Waals surface area (Å²) in [6.07, 6.45) is 18.4. The fourth-order valence-electron chi connectivity index (χ4n) is 9.84. The van der Waals surface area contributed by atoms with E-state index in [-0.39, 0.29) is 24.1 Å². The molecular formula is C37H54O8. The third-order valence-corrected chi connectivity index (χ3v) is 12.1. The van der Waals surface area contributed by atoms with Gasteiger partial charge in [-0.25, -0.2) is 0 Å². The van der Waals surface area contributed by atoms with E-state index in [2.05, 4.69) is 32.9 Å². The number of methoxy groups -OCH3 is 1. The number of rotatable bonds is 10. The van der Waals surface area contributed by atoms with Gasteiger partial charge in [0.15, 0.2) is 6.29 Å². The molecule has 8 nitrogen and oxygen atoms in total. The van der Waals surface area contributed by atoms with Gasteiger partial charge in [-0.3, -0.25) is 14.4 Å². The lowest BCUT2D eigenvalue weighted by atomic mass is 9.47. The normalized spacial score (nSPS) is 39.2. The van der Waals surface area contributed by atoms with Gasteiger partial charge in [-0.1, -0.05) is 37.1 Å². The first-order valence-electron chi connectivity index (χ1n) is 17.2. The fraction of sp³-hybridized carbons (Fsp3) is 0.757.